The Bertz CT molecular complexity index is 937. The van der Waals surface area contributed by atoms with Gasteiger partial charge in [0, 0.05) is 47.3 Å². The van der Waals surface area contributed by atoms with Crippen molar-refractivity contribution in [2.45, 2.75) is 38.5 Å². The highest BCUT2D eigenvalue weighted by atomic mass is 35.5. The first-order valence-electron chi connectivity index (χ1n) is 9.14. The van der Waals surface area contributed by atoms with E-state index in [-0.39, 0.29) is 0 Å². The second kappa shape index (κ2) is 6.69. The number of fused-ring (bicyclic) bond motifs is 3. The number of rotatable bonds is 4. The standard InChI is InChI=1S/C21H24ClN3O/c1-3-21(26,20-6-4-5-10-23-20)14-25-18-8-7-15(22)12-16(18)17-13-24(2)11-9-19(17)25/h4-8,10,12,26H,3,9,11,13-14H2,1-2H3. The molecule has 2 aromatic heterocycles. The number of aromatic nitrogens is 2. The number of hydrogen-bond donors (Lipinski definition) is 1. The molecule has 3 heterocycles. The molecule has 1 aliphatic heterocycles. The summed E-state index contributed by atoms with van der Waals surface area (Å²) in [6.45, 7) is 4.44. The van der Waals surface area contributed by atoms with Crippen molar-refractivity contribution in [3.63, 3.8) is 0 Å². The van der Waals surface area contributed by atoms with Crippen LogP contribution in [0.25, 0.3) is 10.9 Å². The van der Waals surface area contributed by atoms with Crippen molar-refractivity contribution in [3.05, 3.63) is 64.6 Å². The first-order valence-corrected chi connectivity index (χ1v) is 9.51. The maximum atomic E-state index is 11.4. The van der Waals surface area contributed by atoms with Gasteiger partial charge in [0.05, 0.1) is 12.2 Å². The fraction of sp³-hybridized carbons (Fsp3) is 0.381. The number of hydrogen-bond acceptors (Lipinski definition) is 3. The molecule has 0 saturated heterocycles. The van der Waals surface area contributed by atoms with Crippen LogP contribution in [0, 0.1) is 0 Å². The second-order valence-electron chi connectivity index (χ2n) is 7.26. The van der Waals surface area contributed by atoms with Gasteiger partial charge in [-0.3, -0.25) is 4.98 Å². The first-order chi connectivity index (χ1) is 12.5. The van der Waals surface area contributed by atoms with E-state index in [0.717, 1.165) is 35.7 Å². The first kappa shape index (κ1) is 17.5. The van der Waals surface area contributed by atoms with Crippen molar-refractivity contribution in [2.24, 2.45) is 0 Å². The fourth-order valence-corrected chi connectivity index (χ4v) is 4.18. The van der Waals surface area contributed by atoms with Crippen molar-refractivity contribution in [1.29, 1.82) is 0 Å². The lowest BCUT2D eigenvalue weighted by molar-refractivity contribution is 0.0104. The minimum absolute atomic E-state index is 0.498. The molecule has 1 aliphatic rings. The predicted molar refractivity (Wildman–Crippen MR) is 105 cm³/mol. The van der Waals surface area contributed by atoms with Gasteiger partial charge in [0.25, 0.3) is 0 Å². The Morgan fingerprint density at radius 1 is 1.27 bits per heavy atom. The van der Waals surface area contributed by atoms with E-state index in [1.165, 1.54) is 16.6 Å². The Labute approximate surface area is 159 Å². The molecule has 5 heteroatoms. The average molecular weight is 370 g/mol. The van der Waals surface area contributed by atoms with E-state index < -0.39 is 5.60 Å². The zero-order valence-electron chi connectivity index (χ0n) is 15.2. The SMILES string of the molecule is CCC(O)(Cn1c2c(c3cc(Cl)ccc31)CN(C)CC2)c1ccccn1. The van der Waals surface area contributed by atoms with E-state index in [4.69, 9.17) is 11.6 Å². The molecule has 0 radical (unpaired) electrons. The molecule has 3 aromatic rings. The summed E-state index contributed by atoms with van der Waals surface area (Å²) in [6.07, 6.45) is 3.32. The maximum Gasteiger partial charge on any atom is 0.124 e. The second-order valence-corrected chi connectivity index (χ2v) is 7.70. The van der Waals surface area contributed by atoms with Crippen LogP contribution in [0.15, 0.2) is 42.6 Å². The van der Waals surface area contributed by atoms with E-state index in [2.05, 4.69) is 33.6 Å². The molecule has 0 spiro atoms. The van der Waals surface area contributed by atoms with Crippen LogP contribution in [0.1, 0.15) is 30.3 Å². The van der Waals surface area contributed by atoms with Crippen molar-refractivity contribution in [1.82, 2.24) is 14.5 Å². The zero-order valence-corrected chi connectivity index (χ0v) is 16.0. The molecular formula is C21H24ClN3O. The van der Waals surface area contributed by atoms with E-state index in [1.54, 1.807) is 6.20 Å². The van der Waals surface area contributed by atoms with Crippen LogP contribution in [0.3, 0.4) is 0 Å². The van der Waals surface area contributed by atoms with Crippen LogP contribution in [0.5, 0.6) is 0 Å². The largest absolute Gasteiger partial charge is 0.382 e. The summed E-state index contributed by atoms with van der Waals surface area (Å²) in [5.74, 6) is 0. The highest BCUT2D eigenvalue weighted by molar-refractivity contribution is 6.31. The van der Waals surface area contributed by atoms with Crippen molar-refractivity contribution < 1.29 is 5.11 Å². The van der Waals surface area contributed by atoms with Crippen molar-refractivity contribution in [2.75, 3.05) is 13.6 Å². The summed E-state index contributed by atoms with van der Waals surface area (Å²) in [5, 5.41) is 13.4. The highest BCUT2D eigenvalue weighted by Gasteiger charge is 2.32. The van der Waals surface area contributed by atoms with Gasteiger partial charge >= 0.3 is 0 Å². The third-order valence-electron chi connectivity index (χ3n) is 5.55. The summed E-state index contributed by atoms with van der Waals surface area (Å²) in [4.78, 5) is 6.76. The molecule has 1 unspecified atom stereocenters. The maximum absolute atomic E-state index is 11.4. The lowest BCUT2D eigenvalue weighted by Crippen LogP contribution is -2.34. The Morgan fingerprint density at radius 2 is 2.12 bits per heavy atom. The van der Waals surface area contributed by atoms with E-state index in [0.29, 0.717) is 13.0 Å². The van der Waals surface area contributed by atoms with Gasteiger partial charge in [-0.15, -0.1) is 0 Å². The third-order valence-corrected chi connectivity index (χ3v) is 5.79. The van der Waals surface area contributed by atoms with Gasteiger partial charge in [-0.2, -0.15) is 0 Å². The van der Waals surface area contributed by atoms with Crippen LogP contribution in [-0.2, 0) is 25.1 Å². The van der Waals surface area contributed by atoms with E-state index in [1.807, 2.05) is 31.2 Å². The summed E-state index contributed by atoms with van der Waals surface area (Å²) >= 11 is 6.28. The normalized spacial score (nSPS) is 17.2. The third kappa shape index (κ3) is 2.92. The Kier molecular flexibility index (Phi) is 4.51. The van der Waals surface area contributed by atoms with Crippen LogP contribution in [0.4, 0.5) is 0 Å². The highest BCUT2D eigenvalue weighted by Crippen LogP contribution is 2.35. The summed E-state index contributed by atoms with van der Waals surface area (Å²) in [7, 11) is 2.15. The van der Waals surface area contributed by atoms with E-state index in [9.17, 15) is 5.11 Å². The minimum atomic E-state index is -0.996. The molecule has 0 amide bonds. The van der Waals surface area contributed by atoms with E-state index >= 15 is 0 Å². The minimum Gasteiger partial charge on any atom is -0.382 e. The Hall–Kier alpha value is -1.88. The Morgan fingerprint density at radius 3 is 2.85 bits per heavy atom. The van der Waals surface area contributed by atoms with Crippen LogP contribution < -0.4 is 0 Å². The van der Waals surface area contributed by atoms with Gasteiger partial charge in [-0.1, -0.05) is 24.6 Å². The zero-order chi connectivity index (χ0) is 18.3. The van der Waals surface area contributed by atoms with Crippen LogP contribution in [0.2, 0.25) is 5.02 Å². The quantitative estimate of drug-likeness (QED) is 0.756. The molecule has 4 nitrogen and oxygen atoms in total. The summed E-state index contributed by atoms with van der Waals surface area (Å²) in [6, 6.07) is 11.8. The van der Waals surface area contributed by atoms with Crippen LogP contribution in [-0.4, -0.2) is 33.1 Å². The molecule has 0 saturated carbocycles. The lowest BCUT2D eigenvalue weighted by atomic mass is 9.95. The van der Waals surface area contributed by atoms with Gasteiger partial charge < -0.3 is 14.6 Å². The number of likely N-dealkylation sites (N-methyl/N-ethyl adjacent to an activating group) is 1. The van der Waals surface area contributed by atoms with Crippen molar-refractivity contribution >= 4 is 22.5 Å². The number of halogens is 1. The number of pyridine rings is 1. The van der Waals surface area contributed by atoms with Gasteiger partial charge in [0.15, 0.2) is 0 Å². The fourth-order valence-electron chi connectivity index (χ4n) is 4.01. The topological polar surface area (TPSA) is 41.3 Å². The Balaban J connectivity index is 1.86. The summed E-state index contributed by atoms with van der Waals surface area (Å²) in [5.41, 5.74) is 3.50. The number of nitrogens with zero attached hydrogens (tertiary/aromatic N) is 3. The molecule has 0 aliphatic carbocycles. The average Bonchev–Trinajstić information content (AvgIpc) is 2.94. The molecule has 1 aromatic carbocycles. The molecule has 0 fully saturated rings. The predicted octanol–water partition coefficient (Wildman–Crippen LogP) is 3.98. The molecule has 4 rings (SSSR count). The molecular weight excluding hydrogens is 346 g/mol. The van der Waals surface area contributed by atoms with Gasteiger partial charge in [-0.25, -0.2) is 0 Å². The molecule has 1 atom stereocenters. The number of aliphatic hydroxyl groups is 1. The smallest absolute Gasteiger partial charge is 0.124 e. The molecule has 0 bridgehead atoms. The van der Waals surface area contributed by atoms with Gasteiger partial charge in [0.1, 0.15) is 5.60 Å². The summed E-state index contributed by atoms with van der Waals surface area (Å²) < 4.78 is 2.28. The van der Waals surface area contributed by atoms with Crippen LogP contribution >= 0.6 is 11.6 Å². The molecule has 26 heavy (non-hydrogen) atoms. The van der Waals surface area contributed by atoms with Crippen molar-refractivity contribution in [3.8, 4) is 0 Å². The lowest BCUT2D eigenvalue weighted by Gasteiger charge is -2.30. The number of benzene rings is 1. The monoisotopic (exact) mass is 369 g/mol. The van der Waals surface area contributed by atoms with Gasteiger partial charge in [0.2, 0.25) is 0 Å². The van der Waals surface area contributed by atoms with Gasteiger partial charge in [-0.05, 0) is 49.4 Å². The molecule has 1 N–H and O–H groups in total. The molecule has 136 valence electrons.